The fourth-order valence-electron chi connectivity index (χ4n) is 2.41. The molecular weight excluding hydrogens is 352 g/mol. The summed E-state index contributed by atoms with van der Waals surface area (Å²) in [6, 6.07) is 15.3. The van der Waals surface area contributed by atoms with Crippen LogP contribution in [0.4, 0.5) is 0 Å². The van der Waals surface area contributed by atoms with Crippen molar-refractivity contribution >= 4 is 12.4 Å². The predicted molar refractivity (Wildman–Crippen MR) is 105 cm³/mol. The van der Waals surface area contributed by atoms with Crippen molar-refractivity contribution in [3.8, 4) is 23.3 Å². The number of nitrogens with zero attached hydrogens (tertiary/aromatic N) is 2. The zero-order chi connectivity index (χ0) is 18.1. The van der Waals surface area contributed by atoms with Gasteiger partial charge in [-0.3, -0.25) is 0 Å². The van der Waals surface area contributed by atoms with Gasteiger partial charge in [-0.15, -0.1) is 12.4 Å². The summed E-state index contributed by atoms with van der Waals surface area (Å²) < 4.78 is 16.3. The molecule has 0 atom stereocenters. The highest BCUT2D eigenvalue weighted by molar-refractivity contribution is 5.85. The van der Waals surface area contributed by atoms with E-state index in [0.717, 1.165) is 36.8 Å². The lowest BCUT2D eigenvalue weighted by Crippen LogP contribution is -2.26. The van der Waals surface area contributed by atoms with Crippen molar-refractivity contribution in [3.63, 3.8) is 0 Å². The van der Waals surface area contributed by atoms with Gasteiger partial charge in [-0.2, -0.15) is 5.26 Å². The number of rotatable bonds is 9. The Morgan fingerprint density at radius 2 is 1.65 bits per heavy atom. The van der Waals surface area contributed by atoms with Gasteiger partial charge in [0.1, 0.15) is 12.4 Å². The van der Waals surface area contributed by atoms with Gasteiger partial charge < -0.3 is 19.1 Å². The highest BCUT2D eigenvalue weighted by Gasteiger charge is 2.06. The molecule has 0 aliphatic carbocycles. The van der Waals surface area contributed by atoms with Gasteiger partial charge in [-0.05, 0) is 55.4 Å². The monoisotopic (exact) mass is 376 g/mol. The van der Waals surface area contributed by atoms with E-state index in [4.69, 9.17) is 19.5 Å². The molecule has 0 aliphatic rings. The Balaban J connectivity index is 0.00000338. The topological polar surface area (TPSA) is 54.7 Å². The Morgan fingerprint density at radius 1 is 0.962 bits per heavy atom. The molecule has 0 N–H and O–H groups in total. The third-order valence-corrected chi connectivity index (χ3v) is 3.96. The summed E-state index contributed by atoms with van der Waals surface area (Å²) in [5, 5.41) is 8.78. The van der Waals surface area contributed by atoms with Gasteiger partial charge in [0.05, 0.1) is 25.9 Å². The first-order valence-electron chi connectivity index (χ1n) is 8.18. The molecule has 0 radical (unpaired) electrons. The summed E-state index contributed by atoms with van der Waals surface area (Å²) in [5.74, 6) is 2.29. The Hall–Kier alpha value is -2.42. The van der Waals surface area contributed by atoms with Crippen molar-refractivity contribution < 1.29 is 14.2 Å². The lowest BCUT2D eigenvalue weighted by Gasteiger charge is -2.17. The van der Waals surface area contributed by atoms with E-state index in [1.165, 1.54) is 5.56 Å². The fourth-order valence-corrected chi connectivity index (χ4v) is 2.41. The second kappa shape index (κ2) is 11.2. The Labute approximate surface area is 161 Å². The average molecular weight is 377 g/mol. The number of hydrogen-bond donors (Lipinski definition) is 0. The van der Waals surface area contributed by atoms with Crippen molar-refractivity contribution in [2.45, 2.75) is 6.42 Å². The molecule has 2 rings (SSSR count). The van der Waals surface area contributed by atoms with Crippen LogP contribution in [0.2, 0.25) is 0 Å². The molecule has 0 aromatic heterocycles. The number of likely N-dealkylation sites (N-methyl/N-ethyl adjacent to an activating group) is 1. The van der Waals surface area contributed by atoms with Crippen molar-refractivity contribution in [2.75, 3.05) is 41.0 Å². The molecule has 0 spiro atoms. The van der Waals surface area contributed by atoms with Gasteiger partial charge >= 0.3 is 0 Å². The average Bonchev–Trinajstić information content (AvgIpc) is 2.66. The van der Waals surface area contributed by atoms with Crippen molar-refractivity contribution in [2.24, 2.45) is 0 Å². The van der Waals surface area contributed by atoms with Crippen LogP contribution in [0.15, 0.2) is 42.5 Å². The van der Waals surface area contributed by atoms with Crippen LogP contribution in [0.25, 0.3) is 0 Å². The Kier molecular flexibility index (Phi) is 9.35. The summed E-state index contributed by atoms with van der Waals surface area (Å²) in [6.45, 7) is 2.35. The summed E-state index contributed by atoms with van der Waals surface area (Å²) in [5.41, 5.74) is 1.84. The van der Waals surface area contributed by atoms with E-state index in [1.54, 1.807) is 26.4 Å². The summed E-state index contributed by atoms with van der Waals surface area (Å²) in [4.78, 5) is 2.22. The van der Waals surface area contributed by atoms with E-state index in [0.29, 0.717) is 12.2 Å². The highest BCUT2D eigenvalue weighted by atomic mass is 35.5. The van der Waals surface area contributed by atoms with E-state index < -0.39 is 0 Å². The third kappa shape index (κ3) is 6.47. The zero-order valence-corrected chi connectivity index (χ0v) is 16.2. The van der Waals surface area contributed by atoms with Crippen molar-refractivity contribution in [3.05, 3.63) is 53.6 Å². The van der Waals surface area contributed by atoms with Crippen LogP contribution in [0.5, 0.6) is 17.2 Å². The number of hydrogen-bond acceptors (Lipinski definition) is 5. The van der Waals surface area contributed by atoms with Gasteiger partial charge in [-0.1, -0.05) is 6.07 Å². The first-order valence-corrected chi connectivity index (χ1v) is 8.18. The number of halogens is 1. The molecule has 0 saturated heterocycles. The molecule has 0 fully saturated rings. The maximum absolute atomic E-state index is 8.78. The molecule has 0 amide bonds. The predicted octanol–water partition coefficient (Wildman–Crippen LogP) is 3.55. The number of nitriles is 1. The minimum Gasteiger partial charge on any atom is -0.493 e. The quantitative estimate of drug-likeness (QED) is 0.669. The number of ether oxygens (including phenoxy) is 3. The Morgan fingerprint density at radius 3 is 2.27 bits per heavy atom. The van der Waals surface area contributed by atoms with E-state index in [2.05, 4.69) is 24.1 Å². The van der Waals surface area contributed by atoms with E-state index >= 15 is 0 Å². The smallest absolute Gasteiger partial charge is 0.160 e. The number of benzene rings is 2. The lowest BCUT2D eigenvalue weighted by atomic mass is 10.1. The molecule has 0 unspecified atom stereocenters. The van der Waals surface area contributed by atoms with Gasteiger partial charge in [0.2, 0.25) is 0 Å². The fraction of sp³-hybridized carbons (Fsp3) is 0.350. The first-order chi connectivity index (χ1) is 12.2. The summed E-state index contributed by atoms with van der Waals surface area (Å²) in [6.07, 6.45) is 0.924. The molecule has 5 nitrogen and oxygen atoms in total. The van der Waals surface area contributed by atoms with Gasteiger partial charge in [0, 0.05) is 13.1 Å². The van der Waals surface area contributed by atoms with Gasteiger partial charge in [-0.25, -0.2) is 0 Å². The van der Waals surface area contributed by atoms with Crippen LogP contribution in [0.1, 0.15) is 11.1 Å². The minimum atomic E-state index is 0. The van der Waals surface area contributed by atoms with E-state index in [1.807, 2.05) is 24.3 Å². The molecule has 6 heteroatoms. The van der Waals surface area contributed by atoms with Gasteiger partial charge in [0.25, 0.3) is 0 Å². The van der Waals surface area contributed by atoms with Crippen LogP contribution >= 0.6 is 12.4 Å². The molecule has 0 aliphatic heterocycles. The molecule has 0 saturated carbocycles. The van der Waals surface area contributed by atoms with E-state index in [9.17, 15) is 0 Å². The van der Waals surface area contributed by atoms with Crippen LogP contribution < -0.4 is 14.2 Å². The summed E-state index contributed by atoms with van der Waals surface area (Å²) in [7, 11) is 5.36. The van der Waals surface area contributed by atoms with Crippen molar-refractivity contribution in [1.29, 1.82) is 5.26 Å². The maximum Gasteiger partial charge on any atom is 0.160 e. The van der Waals surface area contributed by atoms with Crippen LogP contribution in [-0.2, 0) is 6.42 Å². The van der Waals surface area contributed by atoms with Crippen LogP contribution in [0.3, 0.4) is 0 Å². The zero-order valence-electron chi connectivity index (χ0n) is 15.4. The molecule has 26 heavy (non-hydrogen) atoms. The standard InChI is InChI=1S/C20H24N2O3.ClH/c1-22(12-13-25-18-7-4-17(15-21)5-8-18)11-10-16-6-9-19(23-2)20(14-16)24-3;/h4-9,14H,10-13H2,1-3H3;1H. The Bertz CT molecular complexity index is 714. The molecule has 2 aromatic rings. The second-order valence-electron chi connectivity index (χ2n) is 5.73. The normalized spacial score (nSPS) is 9.96. The van der Waals surface area contributed by atoms with Crippen LogP contribution in [-0.4, -0.2) is 45.9 Å². The minimum absolute atomic E-state index is 0. The molecule has 2 aromatic carbocycles. The maximum atomic E-state index is 8.78. The van der Waals surface area contributed by atoms with E-state index in [-0.39, 0.29) is 12.4 Å². The van der Waals surface area contributed by atoms with Crippen LogP contribution in [0, 0.1) is 11.3 Å². The van der Waals surface area contributed by atoms with Crippen molar-refractivity contribution in [1.82, 2.24) is 4.90 Å². The number of methoxy groups -OCH3 is 2. The first kappa shape index (κ1) is 21.6. The molecule has 0 bridgehead atoms. The molecule has 140 valence electrons. The largest absolute Gasteiger partial charge is 0.493 e. The molecule has 0 heterocycles. The summed E-state index contributed by atoms with van der Waals surface area (Å²) >= 11 is 0. The second-order valence-corrected chi connectivity index (χ2v) is 5.73. The molecular formula is C20H25ClN2O3. The highest BCUT2D eigenvalue weighted by Crippen LogP contribution is 2.27. The SMILES string of the molecule is COc1ccc(CCN(C)CCOc2ccc(C#N)cc2)cc1OC.Cl. The third-order valence-electron chi connectivity index (χ3n) is 3.96. The lowest BCUT2D eigenvalue weighted by molar-refractivity contribution is 0.239. The van der Waals surface area contributed by atoms with Gasteiger partial charge in [0.15, 0.2) is 11.5 Å².